The largest absolute Gasteiger partial charge is 0.316 e. The number of nitrogens with zero attached hydrogens (tertiary/aromatic N) is 1. The van der Waals surface area contributed by atoms with Crippen LogP contribution < -0.4 is 5.32 Å². The zero-order valence-electron chi connectivity index (χ0n) is 8.42. The molecule has 0 saturated heterocycles. The van der Waals surface area contributed by atoms with Crippen LogP contribution in [0.1, 0.15) is 25.3 Å². The number of hydrogen-bond donors (Lipinski definition) is 1. The van der Waals surface area contributed by atoms with Crippen LogP contribution in [0.15, 0.2) is 11.6 Å². The van der Waals surface area contributed by atoms with Crippen molar-refractivity contribution in [3.63, 3.8) is 0 Å². The summed E-state index contributed by atoms with van der Waals surface area (Å²) in [5.41, 5.74) is 0. The Morgan fingerprint density at radius 3 is 2.92 bits per heavy atom. The molecule has 13 heavy (non-hydrogen) atoms. The van der Waals surface area contributed by atoms with Crippen LogP contribution in [0.4, 0.5) is 0 Å². The van der Waals surface area contributed by atoms with Gasteiger partial charge in [0, 0.05) is 24.5 Å². The highest BCUT2D eigenvalue weighted by molar-refractivity contribution is 7.09. The lowest BCUT2D eigenvalue weighted by Gasteiger charge is -2.05. The van der Waals surface area contributed by atoms with Crippen LogP contribution >= 0.6 is 11.3 Å². The van der Waals surface area contributed by atoms with Crippen LogP contribution in [0.5, 0.6) is 0 Å². The lowest BCUT2D eigenvalue weighted by Crippen LogP contribution is -2.19. The van der Waals surface area contributed by atoms with E-state index in [9.17, 15) is 0 Å². The number of thiazole rings is 1. The minimum absolute atomic E-state index is 0.798. The molecule has 3 heteroatoms. The average molecular weight is 198 g/mol. The highest BCUT2D eigenvalue weighted by atomic mass is 32.1. The standard InChI is InChI=1S/C10H18N2S/c1-9(2)3-5-11-6-4-10-12-7-8-13-10/h7-9,11H,3-6H2,1-2H3. The van der Waals surface area contributed by atoms with Crippen LogP contribution in [0.2, 0.25) is 0 Å². The van der Waals surface area contributed by atoms with E-state index in [0.29, 0.717) is 0 Å². The minimum Gasteiger partial charge on any atom is -0.316 e. The smallest absolute Gasteiger partial charge is 0.0937 e. The number of hydrogen-bond acceptors (Lipinski definition) is 3. The number of aromatic nitrogens is 1. The van der Waals surface area contributed by atoms with Gasteiger partial charge in [-0.2, -0.15) is 0 Å². The van der Waals surface area contributed by atoms with Gasteiger partial charge in [-0.3, -0.25) is 0 Å². The van der Waals surface area contributed by atoms with Crippen molar-refractivity contribution in [2.24, 2.45) is 5.92 Å². The lowest BCUT2D eigenvalue weighted by molar-refractivity contribution is 0.539. The summed E-state index contributed by atoms with van der Waals surface area (Å²) in [4.78, 5) is 4.23. The van der Waals surface area contributed by atoms with Crippen molar-refractivity contribution < 1.29 is 0 Å². The summed E-state index contributed by atoms with van der Waals surface area (Å²) in [6.07, 6.45) is 4.20. The van der Waals surface area contributed by atoms with Crippen molar-refractivity contribution in [3.05, 3.63) is 16.6 Å². The fourth-order valence-corrected chi connectivity index (χ4v) is 1.71. The zero-order valence-corrected chi connectivity index (χ0v) is 9.23. The Kier molecular flexibility index (Phi) is 5.01. The van der Waals surface area contributed by atoms with E-state index in [1.165, 1.54) is 11.4 Å². The highest BCUT2D eigenvalue weighted by Crippen LogP contribution is 2.03. The molecular weight excluding hydrogens is 180 g/mol. The van der Waals surface area contributed by atoms with Gasteiger partial charge in [0.25, 0.3) is 0 Å². The lowest BCUT2D eigenvalue weighted by atomic mass is 10.1. The predicted octanol–water partition coefficient (Wildman–Crippen LogP) is 2.32. The molecule has 1 aromatic rings. The van der Waals surface area contributed by atoms with Crippen LogP contribution in [0.3, 0.4) is 0 Å². The highest BCUT2D eigenvalue weighted by Gasteiger charge is 1.95. The molecule has 74 valence electrons. The Hall–Kier alpha value is -0.410. The second-order valence-corrected chi connectivity index (χ2v) is 4.59. The van der Waals surface area contributed by atoms with Gasteiger partial charge in [-0.05, 0) is 18.9 Å². The molecule has 1 rings (SSSR count). The fraction of sp³-hybridized carbons (Fsp3) is 0.700. The van der Waals surface area contributed by atoms with E-state index in [-0.39, 0.29) is 0 Å². The summed E-state index contributed by atoms with van der Waals surface area (Å²) in [6, 6.07) is 0. The topological polar surface area (TPSA) is 24.9 Å². The van der Waals surface area contributed by atoms with Crippen LogP contribution in [-0.4, -0.2) is 18.1 Å². The van der Waals surface area contributed by atoms with E-state index in [1.807, 2.05) is 11.6 Å². The van der Waals surface area contributed by atoms with Crippen molar-refractivity contribution in [3.8, 4) is 0 Å². The summed E-state index contributed by atoms with van der Waals surface area (Å²) in [5, 5.41) is 6.69. The zero-order chi connectivity index (χ0) is 9.52. The minimum atomic E-state index is 0.798. The third-order valence-corrected chi connectivity index (χ3v) is 2.74. The molecule has 1 N–H and O–H groups in total. The van der Waals surface area contributed by atoms with Crippen molar-refractivity contribution in [1.82, 2.24) is 10.3 Å². The molecule has 0 radical (unpaired) electrons. The molecule has 0 fully saturated rings. The molecular formula is C10H18N2S. The molecule has 0 unspecified atom stereocenters. The van der Waals surface area contributed by atoms with Gasteiger partial charge >= 0.3 is 0 Å². The molecule has 0 amide bonds. The van der Waals surface area contributed by atoms with Gasteiger partial charge in [0.05, 0.1) is 5.01 Å². The maximum Gasteiger partial charge on any atom is 0.0937 e. The maximum atomic E-state index is 4.23. The third kappa shape index (κ3) is 5.01. The van der Waals surface area contributed by atoms with Crippen molar-refractivity contribution in [2.45, 2.75) is 26.7 Å². The summed E-state index contributed by atoms with van der Waals surface area (Å²) in [5.74, 6) is 0.798. The Morgan fingerprint density at radius 1 is 1.46 bits per heavy atom. The predicted molar refractivity (Wildman–Crippen MR) is 58.1 cm³/mol. The van der Waals surface area contributed by atoms with Gasteiger partial charge in [-0.1, -0.05) is 13.8 Å². The molecule has 0 aliphatic heterocycles. The molecule has 1 heterocycles. The SMILES string of the molecule is CC(C)CCNCCc1nccs1. The Morgan fingerprint density at radius 2 is 2.31 bits per heavy atom. The van der Waals surface area contributed by atoms with Crippen LogP contribution in [0, 0.1) is 5.92 Å². The van der Waals surface area contributed by atoms with Crippen LogP contribution in [0.25, 0.3) is 0 Å². The monoisotopic (exact) mass is 198 g/mol. The van der Waals surface area contributed by atoms with E-state index >= 15 is 0 Å². The first-order valence-electron chi connectivity index (χ1n) is 4.88. The van der Waals surface area contributed by atoms with Crippen LogP contribution in [-0.2, 0) is 6.42 Å². The molecule has 0 atom stereocenters. The molecule has 0 bridgehead atoms. The van der Waals surface area contributed by atoms with E-state index < -0.39 is 0 Å². The van der Waals surface area contributed by atoms with E-state index in [1.54, 1.807) is 11.3 Å². The van der Waals surface area contributed by atoms with E-state index in [0.717, 1.165) is 25.4 Å². The number of rotatable bonds is 6. The summed E-state index contributed by atoms with van der Waals surface area (Å²) in [7, 11) is 0. The van der Waals surface area contributed by atoms with Crippen molar-refractivity contribution in [2.75, 3.05) is 13.1 Å². The van der Waals surface area contributed by atoms with Gasteiger partial charge in [0.1, 0.15) is 0 Å². The first-order valence-corrected chi connectivity index (χ1v) is 5.76. The molecule has 2 nitrogen and oxygen atoms in total. The maximum absolute atomic E-state index is 4.23. The third-order valence-electron chi connectivity index (χ3n) is 1.90. The Labute approximate surface area is 84.4 Å². The van der Waals surface area contributed by atoms with Gasteiger partial charge in [0.2, 0.25) is 0 Å². The van der Waals surface area contributed by atoms with Gasteiger partial charge in [-0.15, -0.1) is 11.3 Å². The quantitative estimate of drug-likeness (QED) is 0.710. The Bertz CT molecular complexity index is 207. The fourth-order valence-electron chi connectivity index (χ4n) is 1.09. The molecule has 0 aliphatic carbocycles. The van der Waals surface area contributed by atoms with Crippen molar-refractivity contribution >= 4 is 11.3 Å². The second-order valence-electron chi connectivity index (χ2n) is 3.61. The van der Waals surface area contributed by atoms with Gasteiger partial charge < -0.3 is 5.32 Å². The second kappa shape index (κ2) is 6.11. The first kappa shape index (κ1) is 10.7. The van der Waals surface area contributed by atoms with Gasteiger partial charge in [0.15, 0.2) is 0 Å². The van der Waals surface area contributed by atoms with E-state index in [4.69, 9.17) is 0 Å². The molecule has 1 aromatic heterocycles. The summed E-state index contributed by atoms with van der Waals surface area (Å²) in [6.45, 7) is 6.69. The first-order chi connectivity index (χ1) is 6.29. The molecule has 0 aliphatic rings. The van der Waals surface area contributed by atoms with Crippen molar-refractivity contribution in [1.29, 1.82) is 0 Å². The summed E-state index contributed by atoms with van der Waals surface area (Å²) < 4.78 is 0. The average Bonchev–Trinajstić information content (AvgIpc) is 2.55. The molecule has 0 aromatic carbocycles. The Balaban J connectivity index is 1.96. The van der Waals surface area contributed by atoms with E-state index in [2.05, 4.69) is 24.1 Å². The summed E-state index contributed by atoms with van der Waals surface area (Å²) >= 11 is 1.74. The number of nitrogens with one attached hydrogen (secondary N) is 1. The normalized spacial score (nSPS) is 11.0. The molecule has 0 spiro atoms. The molecule has 0 saturated carbocycles. The van der Waals surface area contributed by atoms with Gasteiger partial charge in [-0.25, -0.2) is 4.98 Å².